The maximum atomic E-state index is 12.3. The molecule has 0 aliphatic carbocycles. The van der Waals surface area contributed by atoms with Crippen LogP contribution in [0.2, 0.25) is 0 Å². The largest absolute Gasteiger partial charge is 0.396 e. The molecule has 2 aromatic rings. The van der Waals surface area contributed by atoms with Crippen LogP contribution in [-0.4, -0.2) is 33.9 Å². The predicted octanol–water partition coefficient (Wildman–Crippen LogP) is 1.55. The Labute approximate surface area is 141 Å². The minimum atomic E-state index is -0.321. The summed E-state index contributed by atoms with van der Waals surface area (Å²) in [5.74, 6) is -0.291. The fourth-order valence-corrected chi connectivity index (χ4v) is 2.52. The minimum Gasteiger partial charge on any atom is -0.396 e. The Morgan fingerprint density at radius 1 is 1.25 bits per heavy atom. The lowest BCUT2D eigenvalue weighted by Crippen LogP contribution is -2.32. The Morgan fingerprint density at radius 2 is 2.00 bits per heavy atom. The third-order valence-corrected chi connectivity index (χ3v) is 3.79. The van der Waals surface area contributed by atoms with E-state index in [2.05, 4.69) is 10.4 Å². The molecule has 0 saturated carbocycles. The first kappa shape index (κ1) is 17.9. The minimum absolute atomic E-state index is 0.0293. The van der Waals surface area contributed by atoms with Crippen LogP contribution in [-0.2, 0) is 6.54 Å². The van der Waals surface area contributed by atoms with Crippen molar-refractivity contribution in [2.45, 2.75) is 32.2 Å². The summed E-state index contributed by atoms with van der Waals surface area (Å²) in [6.45, 7) is 2.88. The van der Waals surface area contributed by atoms with Crippen LogP contribution in [0.25, 0.3) is 0 Å². The summed E-state index contributed by atoms with van der Waals surface area (Å²) in [6, 6.07) is 12.6. The van der Waals surface area contributed by atoms with Crippen molar-refractivity contribution in [2.75, 3.05) is 13.2 Å². The molecule has 2 rings (SSSR count). The van der Waals surface area contributed by atoms with Gasteiger partial charge in [-0.15, -0.1) is 0 Å². The van der Waals surface area contributed by atoms with Crippen LogP contribution in [0.4, 0.5) is 0 Å². The summed E-state index contributed by atoms with van der Waals surface area (Å²) in [5.41, 5.74) is 1.07. The Bertz CT molecular complexity index is 713. The Kier molecular flexibility index (Phi) is 6.69. The number of aryl methyl sites for hydroxylation is 1. The fourth-order valence-electron chi connectivity index (χ4n) is 2.52. The van der Waals surface area contributed by atoms with Gasteiger partial charge in [-0.1, -0.05) is 37.3 Å². The summed E-state index contributed by atoms with van der Waals surface area (Å²) in [4.78, 5) is 24.0. The summed E-state index contributed by atoms with van der Waals surface area (Å²) < 4.78 is 1.30. The van der Waals surface area contributed by atoms with E-state index in [1.54, 1.807) is 0 Å². The standard InChI is InChI=1S/C18H23N3O3/c1-2-11-21-17(23)9-8-16(20-21)18(24)19-13-15(10-12-22)14-6-4-3-5-7-14/h3-9,15,22H,2,10-13H2,1H3,(H,19,24). The van der Waals surface area contributed by atoms with Gasteiger partial charge in [0.2, 0.25) is 0 Å². The van der Waals surface area contributed by atoms with Gasteiger partial charge >= 0.3 is 0 Å². The second kappa shape index (κ2) is 8.98. The maximum absolute atomic E-state index is 12.3. The van der Waals surface area contributed by atoms with Crippen LogP contribution >= 0.6 is 0 Å². The summed E-state index contributed by atoms with van der Waals surface area (Å²) in [6.07, 6.45) is 1.33. The van der Waals surface area contributed by atoms with E-state index in [-0.39, 0.29) is 29.7 Å². The van der Waals surface area contributed by atoms with E-state index < -0.39 is 0 Å². The van der Waals surface area contributed by atoms with E-state index in [0.717, 1.165) is 12.0 Å². The summed E-state index contributed by atoms with van der Waals surface area (Å²) in [5, 5.41) is 16.2. The monoisotopic (exact) mass is 329 g/mol. The zero-order valence-electron chi connectivity index (χ0n) is 13.8. The number of carbonyl (C=O) groups excluding carboxylic acids is 1. The molecule has 0 radical (unpaired) electrons. The van der Waals surface area contributed by atoms with Gasteiger partial charge in [0.25, 0.3) is 11.5 Å². The van der Waals surface area contributed by atoms with Gasteiger partial charge < -0.3 is 10.4 Å². The molecule has 6 nitrogen and oxygen atoms in total. The molecule has 2 N–H and O–H groups in total. The topological polar surface area (TPSA) is 84.2 Å². The molecule has 0 bridgehead atoms. The van der Waals surface area contributed by atoms with Crippen molar-refractivity contribution in [2.24, 2.45) is 0 Å². The van der Waals surface area contributed by atoms with E-state index in [1.807, 2.05) is 37.3 Å². The van der Waals surface area contributed by atoms with E-state index in [0.29, 0.717) is 19.5 Å². The molecule has 1 aromatic carbocycles. The number of hydrogen-bond acceptors (Lipinski definition) is 4. The molecule has 1 unspecified atom stereocenters. The number of rotatable bonds is 8. The summed E-state index contributed by atoms with van der Waals surface area (Å²) >= 11 is 0. The molecule has 0 aliphatic rings. The highest BCUT2D eigenvalue weighted by atomic mass is 16.3. The second-order valence-corrected chi connectivity index (χ2v) is 5.61. The number of aliphatic hydroxyl groups is 1. The smallest absolute Gasteiger partial charge is 0.271 e. The first-order valence-electron chi connectivity index (χ1n) is 8.18. The van der Waals surface area contributed by atoms with Crippen LogP contribution in [0, 0.1) is 0 Å². The Morgan fingerprint density at radius 3 is 2.67 bits per heavy atom. The number of amides is 1. The van der Waals surface area contributed by atoms with Crippen molar-refractivity contribution >= 4 is 5.91 Å². The van der Waals surface area contributed by atoms with E-state index in [4.69, 9.17) is 0 Å². The molecule has 6 heteroatoms. The van der Waals surface area contributed by atoms with Crippen molar-refractivity contribution < 1.29 is 9.90 Å². The number of benzene rings is 1. The maximum Gasteiger partial charge on any atom is 0.271 e. The third kappa shape index (κ3) is 4.76. The lowest BCUT2D eigenvalue weighted by Gasteiger charge is -2.17. The van der Waals surface area contributed by atoms with Gasteiger partial charge in [0.1, 0.15) is 5.69 Å². The van der Waals surface area contributed by atoms with Crippen molar-refractivity contribution in [1.29, 1.82) is 0 Å². The van der Waals surface area contributed by atoms with E-state index >= 15 is 0 Å². The predicted molar refractivity (Wildman–Crippen MR) is 92.0 cm³/mol. The van der Waals surface area contributed by atoms with Crippen molar-refractivity contribution in [1.82, 2.24) is 15.1 Å². The van der Waals surface area contributed by atoms with Crippen LogP contribution in [0.5, 0.6) is 0 Å². The van der Waals surface area contributed by atoms with Gasteiger partial charge in [-0.3, -0.25) is 9.59 Å². The number of hydrogen-bond donors (Lipinski definition) is 2. The molecule has 0 aliphatic heterocycles. The molecule has 1 heterocycles. The fraction of sp³-hybridized carbons (Fsp3) is 0.389. The normalized spacial score (nSPS) is 11.9. The zero-order chi connectivity index (χ0) is 17.4. The first-order chi connectivity index (χ1) is 11.7. The number of aliphatic hydroxyl groups excluding tert-OH is 1. The molecule has 0 fully saturated rings. The van der Waals surface area contributed by atoms with Gasteiger partial charge in [-0.25, -0.2) is 4.68 Å². The Hall–Kier alpha value is -2.47. The van der Waals surface area contributed by atoms with Gasteiger partial charge in [0.15, 0.2) is 0 Å². The molecule has 0 saturated heterocycles. The van der Waals surface area contributed by atoms with E-state index in [1.165, 1.54) is 16.8 Å². The first-order valence-corrected chi connectivity index (χ1v) is 8.18. The number of carbonyl (C=O) groups is 1. The van der Waals surface area contributed by atoms with Crippen molar-refractivity contribution in [3.05, 3.63) is 64.1 Å². The highest BCUT2D eigenvalue weighted by Gasteiger charge is 2.14. The molecule has 1 amide bonds. The van der Waals surface area contributed by atoms with Crippen LogP contribution in [0.1, 0.15) is 41.7 Å². The average Bonchev–Trinajstić information content (AvgIpc) is 2.61. The third-order valence-electron chi connectivity index (χ3n) is 3.79. The van der Waals surface area contributed by atoms with Gasteiger partial charge in [-0.2, -0.15) is 5.10 Å². The van der Waals surface area contributed by atoms with Gasteiger partial charge in [0.05, 0.1) is 0 Å². The zero-order valence-corrected chi connectivity index (χ0v) is 13.8. The number of nitrogens with zero attached hydrogens (tertiary/aromatic N) is 2. The molecular formula is C18H23N3O3. The lowest BCUT2D eigenvalue weighted by molar-refractivity contribution is 0.0941. The van der Waals surface area contributed by atoms with Crippen LogP contribution in [0.3, 0.4) is 0 Å². The SMILES string of the molecule is CCCn1nc(C(=O)NCC(CCO)c2ccccc2)ccc1=O. The second-order valence-electron chi connectivity index (χ2n) is 5.61. The van der Waals surface area contributed by atoms with Crippen LogP contribution < -0.4 is 10.9 Å². The van der Waals surface area contributed by atoms with Gasteiger partial charge in [0, 0.05) is 31.7 Å². The van der Waals surface area contributed by atoms with Crippen molar-refractivity contribution in [3.8, 4) is 0 Å². The molecule has 0 spiro atoms. The molecule has 1 atom stereocenters. The molecule has 1 aromatic heterocycles. The molecule has 24 heavy (non-hydrogen) atoms. The Balaban J connectivity index is 2.05. The quantitative estimate of drug-likeness (QED) is 0.769. The number of aromatic nitrogens is 2. The number of nitrogens with one attached hydrogen (secondary N) is 1. The van der Waals surface area contributed by atoms with E-state index in [9.17, 15) is 14.7 Å². The average molecular weight is 329 g/mol. The van der Waals surface area contributed by atoms with Crippen molar-refractivity contribution in [3.63, 3.8) is 0 Å². The molecular weight excluding hydrogens is 306 g/mol. The molecule has 128 valence electrons. The van der Waals surface area contributed by atoms with Crippen LogP contribution in [0.15, 0.2) is 47.3 Å². The highest BCUT2D eigenvalue weighted by molar-refractivity contribution is 5.92. The van der Waals surface area contributed by atoms with Gasteiger partial charge in [-0.05, 0) is 24.5 Å². The highest BCUT2D eigenvalue weighted by Crippen LogP contribution is 2.18. The summed E-state index contributed by atoms with van der Waals surface area (Å²) in [7, 11) is 0. The lowest BCUT2D eigenvalue weighted by atomic mass is 9.96.